The van der Waals surface area contributed by atoms with Crippen molar-refractivity contribution in [1.82, 2.24) is 4.90 Å². The molecule has 0 radical (unpaired) electrons. The lowest BCUT2D eigenvalue weighted by molar-refractivity contribution is -0.143. The highest BCUT2D eigenvalue weighted by molar-refractivity contribution is 5.69. The molecule has 0 spiro atoms. The molecule has 1 amide bonds. The lowest BCUT2D eigenvalue weighted by Gasteiger charge is -2.24. The Labute approximate surface area is 137 Å². The SMILES string of the molecule is CCOC(=O)CCCC1CCCN1C(=O)OCc1ccccc1. The summed E-state index contributed by atoms with van der Waals surface area (Å²) in [7, 11) is 0. The number of carbonyl (C=O) groups excluding carboxylic acids is 2. The highest BCUT2D eigenvalue weighted by Crippen LogP contribution is 2.23. The third-order valence-corrected chi connectivity index (χ3v) is 4.04. The number of carbonyl (C=O) groups is 2. The van der Waals surface area contributed by atoms with Crippen LogP contribution in [-0.2, 0) is 20.9 Å². The number of benzene rings is 1. The number of nitrogens with zero attached hydrogens (tertiary/aromatic N) is 1. The van der Waals surface area contributed by atoms with Crippen molar-refractivity contribution in [3.05, 3.63) is 35.9 Å². The molecule has 126 valence electrons. The molecule has 0 bridgehead atoms. The van der Waals surface area contributed by atoms with Crippen molar-refractivity contribution < 1.29 is 19.1 Å². The fourth-order valence-electron chi connectivity index (χ4n) is 2.89. The molecule has 1 fully saturated rings. The molecule has 0 aliphatic carbocycles. The predicted molar refractivity (Wildman–Crippen MR) is 86.8 cm³/mol. The van der Waals surface area contributed by atoms with Crippen LogP contribution in [0, 0.1) is 0 Å². The summed E-state index contributed by atoms with van der Waals surface area (Å²) in [5.74, 6) is -0.163. The quantitative estimate of drug-likeness (QED) is 0.722. The summed E-state index contributed by atoms with van der Waals surface area (Å²) >= 11 is 0. The molecule has 1 saturated heterocycles. The highest BCUT2D eigenvalue weighted by Gasteiger charge is 2.29. The van der Waals surface area contributed by atoms with Crippen LogP contribution in [-0.4, -0.2) is 36.2 Å². The Morgan fingerprint density at radius 2 is 2.00 bits per heavy atom. The summed E-state index contributed by atoms with van der Waals surface area (Å²) in [6.07, 6.45) is 3.68. The van der Waals surface area contributed by atoms with Crippen LogP contribution < -0.4 is 0 Å². The van der Waals surface area contributed by atoms with Crippen LogP contribution in [0.15, 0.2) is 30.3 Å². The fourth-order valence-corrected chi connectivity index (χ4v) is 2.89. The van der Waals surface area contributed by atoms with Crippen LogP contribution in [0.25, 0.3) is 0 Å². The van der Waals surface area contributed by atoms with Crippen molar-refractivity contribution in [1.29, 1.82) is 0 Å². The summed E-state index contributed by atoms with van der Waals surface area (Å²) in [5.41, 5.74) is 0.985. The minimum atomic E-state index is -0.257. The second-order valence-corrected chi connectivity index (χ2v) is 5.73. The van der Waals surface area contributed by atoms with Crippen LogP contribution in [0.4, 0.5) is 4.79 Å². The first-order valence-corrected chi connectivity index (χ1v) is 8.33. The Balaban J connectivity index is 1.74. The lowest BCUT2D eigenvalue weighted by atomic mass is 10.1. The molecule has 5 heteroatoms. The molecule has 23 heavy (non-hydrogen) atoms. The number of hydrogen-bond acceptors (Lipinski definition) is 4. The van der Waals surface area contributed by atoms with E-state index in [1.54, 1.807) is 11.8 Å². The molecular weight excluding hydrogens is 294 g/mol. The monoisotopic (exact) mass is 319 g/mol. The van der Waals surface area contributed by atoms with Crippen LogP contribution in [0.3, 0.4) is 0 Å². The molecular formula is C18H25NO4. The van der Waals surface area contributed by atoms with E-state index in [2.05, 4.69) is 0 Å². The summed E-state index contributed by atoms with van der Waals surface area (Å²) in [5, 5.41) is 0. The van der Waals surface area contributed by atoms with Crippen molar-refractivity contribution in [2.75, 3.05) is 13.2 Å². The van der Waals surface area contributed by atoms with Crippen molar-refractivity contribution in [2.24, 2.45) is 0 Å². The molecule has 0 N–H and O–H groups in total. The van der Waals surface area contributed by atoms with E-state index in [0.717, 1.165) is 37.8 Å². The van der Waals surface area contributed by atoms with E-state index >= 15 is 0 Å². The van der Waals surface area contributed by atoms with Gasteiger partial charge in [0, 0.05) is 19.0 Å². The molecule has 0 aromatic heterocycles. The van der Waals surface area contributed by atoms with Gasteiger partial charge in [0.05, 0.1) is 6.61 Å². The van der Waals surface area contributed by atoms with Gasteiger partial charge >= 0.3 is 12.1 Å². The standard InChI is InChI=1S/C18H25NO4/c1-2-22-17(20)12-6-10-16-11-7-13-19(16)18(21)23-14-15-8-4-3-5-9-15/h3-5,8-9,16H,2,6-7,10-14H2,1H3. The molecule has 1 aromatic rings. The van der Waals surface area contributed by atoms with E-state index in [0.29, 0.717) is 19.6 Å². The summed E-state index contributed by atoms with van der Waals surface area (Å²) in [6.45, 7) is 3.25. The van der Waals surface area contributed by atoms with E-state index in [4.69, 9.17) is 9.47 Å². The van der Waals surface area contributed by atoms with Crippen molar-refractivity contribution >= 4 is 12.1 Å². The van der Waals surface area contributed by atoms with Gasteiger partial charge < -0.3 is 14.4 Å². The first-order valence-electron chi connectivity index (χ1n) is 8.33. The average Bonchev–Trinajstić information content (AvgIpc) is 3.02. The first-order chi connectivity index (χ1) is 11.2. The molecule has 1 aliphatic heterocycles. The van der Waals surface area contributed by atoms with E-state index in [-0.39, 0.29) is 18.1 Å². The molecule has 1 heterocycles. The Morgan fingerprint density at radius 1 is 1.22 bits per heavy atom. The molecule has 5 nitrogen and oxygen atoms in total. The molecule has 1 aliphatic rings. The van der Waals surface area contributed by atoms with Crippen LogP contribution in [0.1, 0.15) is 44.6 Å². The van der Waals surface area contributed by atoms with Gasteiger partial charge in [0.15, 0.2) is 0 Å². The molecule has 2 rings (SSSR count). The maximum absolute atomic E-state index is 12.2. The van der Waals surface area contributed by atoms with Gasteiger partial charge in [-0.25, -0.2) is 4.79 Å². The predicted octanol–water partition coefficient (Wildman–Crippen LogP) is 3.52. The smallest absolute Gasteiger partial charge is 0.410 e. The molecule has 1 atom stereocenters. The lowest BCUT2D eigenvalue weighted by Crippen LogP contribution is -2.36. The van der Waals surface area contributed by atoms with E-state index in [1.165, 1.54) is 0 Å². The van der Waals surface area contributed by atoms with Gasteiger partial charge in [0.2, 0.25) is 0 Å². The maximum atomic E-state index is 12.2. The third kappa shape index (κ3) is 5.58. The second-order valence-electron chi connectivity index (χ2n) is 5.73. The van der Waals surface area contributed by atoms with Crippen molar-refractivity contribution in [3.8, 4) is 0 Å². The minimum Gasteiger partial charge on any atom is -0.466 e. The fraction of sp³-hybridized carbons (Fsp3) is 0.556. The third-order valence-electron chi connectivity index (χ3n) is 4.04. The van der Waals surface area contributed by atoms with Gasteiger partial charge in [-0.2, -0.15) is 0 Å². The van der Waals surface area contributed by atoms with Gasteiger partial charge in [-0.15, -0.1) is 0 Å². The van der Waals surface area contributed by atoms with Gasteiger partial charge in [-0.1, -0.05) is 30.3 Å². The maximum Gasteiger partial charge on any atom is 0.410 e. The van der Waals surface area contributed by atoms with Gasteiger partial charge in [-0.05, 0) is 38.2 Å². The number of likely N-dealkylation sites (tertiary alicyclic amines) is 1. The Hall–Kier alpha value is -2.04. The minimum absolute atomic E-state index is 0.163. The molecule has 0 saturated carbocycles. The summed E-state index contributed by atoms with van der Waals surface area (Å²) < 4.78 is 10.3. The van der Waals surface area contributed by atoms with Crippen LogP contribution in [0.2, 0.25) is 0 Å². The Bertz CT molecular complexity index is 503. The van der Waals surface area contributed by atoms with Crippen molar-refractivity contribution in [3.63, 3.8) is 0 Å². The van der Waals surface area contributed by atoms with Crippen molar-refractivity contribution in [2.45, 2.75) is 51.7 Å². The Kier molecular flexibility index (Phi) is 6.91. The largest absolute Gasteiger partial charge is 0.466 e. The van der Waals surface area contributed by atoms with E-state index in [9.17, 15) is 9.59 Å². The van der Waals surface area contributed by atoms with Gasteiger partial charge in [-0.3, -0.25) is 4.79 Å². The number of hydrogen-bond donors (Lipinski definition) is 0. The molecule has 1 unspecified atom stereocenters. The Morgan fingerprint density at radius 3 is 2.74 bits per heavy atom. The van der Waals surface area contributed by atoms with Crippen LogP contribution in [0.5, 0.6) is 0 Å². The summed E-state index contributed by atoms with van der Waals surface area (Å²) in [6, 6.07) is 9.84. The number of esters is 1. The normalized spacial score (nSPS) is 17.1. The van der Waals surface area contributed by atoms with Crippen LogP contribution >= 0.6 is 0 Å². The summed E-state index contributed by atoms with van der Waals surface area (Å²) in [4.78, 5) is 25.4. The molecule has 1 aromatic carbocycles. The van der Waals surface area contributed by atoms with E-state index in [1.807, 2.05) is 30.3 Å². The zero-order valence-corrected chi connectivity index (χ0v) is 13.7. The number of amides is 1. The van der Waals surface area contributed by atoms with E-state index < -0.39 is 0 Å². The highest BCUT2D eigenvalue weighted by atomic mass is 16.6. The number of ether oxygens (including phenoxy) is 2. The average molecular weight is 319 g/mol. The first kappa shape index (κ1) is 17.3. The zero-order valence-electron chi connectivity index (χ0n) is 13.7. The second kappa shape index (κ2) is 9.18. The zero-order chi connectivity index (χ0) is 16.5. The topological polar surface area (TPSA) is 55.8 Å². The van der Waals surface area contributed by atoms with Gasteiger partial charge in [0.25, 0.3) is 0 Å². The van der Waals surface area contributed by atoms with Gasteiger partial charge in [0.1, 0.15) is 6.61 Å². The number of rotatable bonds is 7.